The van der Waals surface area contributed by atoms with Gasteiger partial charge >= 0.3 is 11.0 Å². The first-order valence-electron chi connectivity index (χ1n) is 15.8. The number of hydrogen-bond donors (Lipinski definition) is 3. The largest absolute Gasteiger partial charge is 0.484 e. The van der Waals surface area contributed by atoms with Gasteiger partial charge in [0.1, 0.15) is 5.75 Å². The van der Waals surface area contributed by atoms with Crippen molar-refractivity contribution in [1.29, 1.82) is 0 Å². The molecule has 4 N–H and O–H groups in total. The second kappa shape index (κ2) is 12.1. The molecular formula is C34H27F3N4O7S3. The smallest absolute Gasteiger partial charge is 0.416 e. The summed E-state index contributed by atoms with van der Waals surface area (Å²) in [6.07, 6.45) is -4.02. The van der Waals surface area contributed by atoms with Crippen LogP contribution in [0.3, 0.4) is 0 Å². The van der Waals surface area contributed by atoms with Gasteiger partial charge in [0.25, 0.3) is 5.91 Å². The van der Waals surface area contributed by atoms with Crippen LogP contribution in [-0.4, -0.2) is 43.0 Å². The standard InChI is InChI=1S/C34H27F3N4O7S3/c35-34(36,37)16-2-1-3-18(12-16)41-31(43)26-21-13-22(27(26)32(41)44)28-25(21)24(29-30(49-28)40-33(45)50-29)15-4-8-19(9-5-15)48-14-23(42)39-17-6-10-20(11-7-17)51(38,46)47/h1-12,21-22,24-28H,13-14H2,(H,39,42)(H,40,45)(H2,38,46,47)/t21?,22?,24-,25?,26?,27?,28?/m1/s1. The number of sulfonamides is 1. The van der Waals surface area contributed by atoms with Crippen molar-refractivity contribution in [3.63, 3.8) is 0 Å². The number of hydrogen-bond acceptors (Lipinski definition) is 9. The number of nitrogens with one attached hydrogen (secondary N) is 2. The van der Waals surface area contributed by atoms with Crippen LogP contribution in [0.15, 0.2) is 87.5 Å². The lowest BCUT2D eigenvalue weighted by atomic mass is 9.68. The molecule has 2 bridgehead atoms. The van der Waals surface area contributed by atoms with Gasteiger partial charge in [-0.3, -0.25) is 24.1 Å². The molecule has 17 heteroatoms. The fourth-order valence-electron chi connectivity index (χ4n) is 8.31. The topological polar surface area (TPSA) is 169 Å². The van der Waals surface area contributed by atoms with Crippen LogP contribution in [0.25, 0.3) is 0 Å². The van der Waals surface area contributed by atoms with E-state index in [0.29, 0.717) is 22.9 Å². The molecule has 7 atom stereocenters. The Morgan fingerprint density at radius 3 is 2.33 bits per heavy atom. The number of carbonyl (C=O) groups is 3. The highest BCUT2D eigenvalue weighted by molar-refractivity contribution is 8.00. The van der Waals surface area contributed by atoms with E-state index in [1.54, 1.807) is 12.1 Å². The number of thioether (sulfide) groups is 1. The minimum Gasteiger partial charge on any atom is -0.484 e. The number of halogens is 3. The van der Waals surface area contributed by atoms with Gasteiger partial charge in [-0.25, -0.2) is 13.6 Å². The fraction of sp³-hybridized carbons (Fsp3) is 0.294. The van der Waals surface area contributed by atoms with Crippen LogP contribution in [-0.2, 0) is 30.6 Å². The van der Waals surface area contributed by atoms with E-state index in [1.807, 2.05) is 12.1 Å². The van der Waals surface area contributed by atoms with Crippen LogP contribution >= 0.6 is 23.1 Å². The van der Waals surface area contributed by atoms with E-state index in [1.165, 1.54) is 48.2 Å². The quantitative estimate of drug-likeness (QED) is 0.226. The van der Waals surface area contributed by atoms with E-state index in [2.05, 4.69) is 10.3 Å². The number of amides is 3. The number of primary sulfonamides is 1. The minimum atomic E-state index is -4.64. The number of nitrogens with two attached hydrogens (primary N) is 1. The van der Waals surface area contributed by atoms with Gasteiger partial charge in [-0.05, 0) is 84.3 Å². The molecule has 2 aliphatic carbocycles. The Hall–Kier alpha value is -4.45. The molecule has 3 fully saturated rings. The number of aromatic nitrogens is 1. The minimum absolute atomic E-state index is 0.0894. The van der Waals surface area contributed by atoms with Gasteiger partial charge in [0.05, 0.1) is 33.0 Å². The van der Waals surface area contributed by atoms with E-state index in [0.717, 1.165) is 38.8 Å². The predicted molar refractivity (Wildman–Crippen MR) is 181 cm³/mol. The number of fused-ring (bicyclic) bond motifs is 9. The van der Waals surface area contributed by atoms with Crippen molar-refractivity contribution in [1.82, 2.24) is 4.98 Å². The summed E-state index contributed by atoms with van der Waals surface area (Å²) < 4.78 is 69.2. The summed E-state index contributed by atoms with van der Waals surface area (Å²) in [5.74, 6) is -3.28. The number of ether oxygens (including phenoxy) is 1. The zero-order valence-corrected chi connectivity index (χ0v) is 28.6. The molecule has 8 rings (SSSR count). The number of nitrogens with zero attached hydrogens (tertiary/aromatic N) is 1. The molecule has 1 aromatic heterocycles. The lowest BCUT2D eigenvalue weighted by Crippen LogP contribution is -2.42. The highest BCUT2D eigenvalue weighted by atomic mass is 32.2. The maximum absolute atomic E-state index is 13.9. The third kappa shape index (κ3) is 5.75. The Labute approximate surface area is 296 Å². The number of imide groups is 1. The first-order chi connectivity index (χ1) is 24.2. The van der Waals surface area contributed by atoms with Crippen LogP contribution in [0, 0.1) is 29.6 Å². The first-order valence-corrected chi connectivity index (χ1v) is 19.0. The molecule has 2 saturated carbocycles. The molecule has 1 saturated heterocycles. The van der Waals surface area contributed by atoms with Crippen molar-refractivity contribution in [2.75, 3.05) is 16.8 Å². The summed E-state index contributed by atoms with van der Waals surface area (Å²) in [7, 11) is -3.87. The fourth-order valence-corrected chi connectivity index (χ4v) is 11.7. The summed E-state index contributed by atoms with van der Waals surface area (Å²) in [6, 6.07) is 16.7. The van der Waals surface area contributed by atoms with Crippen LogP contribution in [0.1, 0.15) is 28.3 Å². The summed E-state index contributed by atoms with van der Waals surface area (Å²) in [6.45, 7) is -0.337. The van der Waals surface area contributed by atoms with Gasteiger partial charge in [0.15, 0.2) is 6.61 Å². The molecule has 0 radical (unpaired) electrons. The number of H-pyrrole nitrogens is 1. The lowest BCUT2D eigenvalue weighted by Gasteiger charge is -2.43. The summed E-state index contributed by atoms with van der Waals surface area (Å²) >= 11 is 2.59. The van der Waals surface area contributed by atoms with Crippen LogP contribution in [0.2, 0.25) is 0 Å². The normalized spacial score (nSPS) is 26.5. The van der Waals surface area contributed by atoms with E-state index in [4.69, 9.17) is 9.88 Å². The van der Waals surface area contributed by atoms with E-state index >= 15 is 0 Å². The molecule has 264 valence electrons. The maximum atomic E-state index is 13.9. The van der Waals surface area contributed by atoms with Gasteiger partial charge in [0.2, 0.25) is 21.8 Å². The number of thiazole rings is 1. The summed E-state index contributed by atoms with van der Waals surface area (Å²) in [5, 5.41) is 8.32. The molecule has 51 heavy (non-hydrogen) atoms. The Morgan fingerprint density at radius 1 is 0.980 bits per heavy atom. The average molecular weight is 757 g/mol. The molecule has 3 amide bonds. The summed E-state index contributed by atoms with van der Waals surface area (Å²) in [4.78, 5) is 57.2. The SMILES string of the molecule is NS(=O)(=O)c1ccc(NC(=O)COc2ccc([C@H]3c4sc(=O)[nH]c4SC4C5CC(C6C(=O)N(c7cccc(C(F)(F)F)c7)C(=O)C56)C43)cc2)cc1. The summed E-state index contributed by atoms with van der Waals surface area (Å²) in [5.41, 5.74) is 0.173. The molecule has 3 heterocycles. The number of aromatic amines is 1. The van der Waals surface area contributed by atoms with Crippen LogP contribution in [0.5, 0.6) is 5.75 Å². The lowest BCUT2D eigenvalue weighted by molar-refractivity contribution is -0.137. The molecular weight excluding hydrogens is 730 g/mol. The second-order valence-electron chi connectivity index (χ2n) is 13.0. The van der Waals surface area contributed by atoms with Crippen molar-refractivity contribution in [3.8, 4) is 5.75 Å². The Morgan fingerprint density at radius 2 is 1.67 bits per heavy atom. The van der Waals surface area contributed by atoms with Crippen molar-refractivity contribution in [2.45, 2.75) is 33.7 Å². The molecule has 4 aliphatic rings. The monoisotopic (exact) mass is 756 g/mol. The second-order valence-corrected chi connectivity index (χ2v) is 16.8. The number of alkyl halides is 3. The number of carbonyl (C=O) groups excluding carboxylic acids is 3. The number of benzene rings is 3. The molecule has 3 aromatic carbocycles. The van der Waals surface area contributed by atoms with Gasteiger partial charge in [-0.2, -0.15) is 13.2 Å². The van der Waals surface area contributed by atoms with Crippen LogP contribution in [0.4, 0.5) is 24.5 Å². The van der Waals surface area contributed by atoms with Gasteiger partial charge in [-0.1, -0.05) is 29.5 Å². The van der Waals surface area contributed by atoms with E-state index < -0.39 is 51.3 Å². The van der Waals surface area contributed by atoms with Gasteiger partial charge in [0, 0.05) is 21.7 Å². The molecule has 6 unspecified atom stereocenters. The van der Waals surface area contributed by atoms with Gasteiger partial charge < -0.3 is 15.0 Å². The predicted octanol–water partition coefficient (Wildman–Crippen LogP) is 4.80. The van der Waals surface area contributed by atoms with Crippen molar-refractivity contribution in [3.05, 3.63) is 98.5 Å². The van der Waals surface area contributed by atoms with E-state index in [9.17, 15) is 40.8 Å². The van der Waals surface area contributed by atoms with E-state index in [-0.39, 0.29) is 51.0 Å². The van der Waals surface area contributed by atoms with Gasteiger partial charge in [-0.15, -0.1) is 11.8 Å². The van der Waals surface area contributed by atoms with Crippen molar-refractivity contribution < 1.29 is 40.7 Å². The molecule has 0 spiro atoms. The maximum Gasteiger partial charge on any atom is 0.416 e. The Bertz CT molecular complexity index is 2260. The zero-order valence-electron chi connectivity index (χ0n) is 26.1. The Kier molecular flexibility index (Phi) is 7.97. The third-order valence-electron chi connectivity index (χ3n) is 10.2. The number of rotatable bonds is 7. The van der Waals surface area contributed by atoms with Crippen molar-refractivity contribution in [2.24, 2.45) is 34.7 Å². The highest BCUT2D eigenvalue weighted by Gasteiger charge is 2.69. The van der Waals surface area contributed by atoms with Crippen LogP contribution < -0.4 is 25.0 Å². The Balaban J connectivity index is 1.02. The number of anilines is 2. The first kappa shape index (κ1) is 33.7. The molecule has 2 aliphatic heterocycles. The highest BCUT2D eigenvalue weighted by Crippen LogP contribution is 2.68. The zero-order chi connectivity index (χ0) is 36.0. The average Bonchev–Trinajstić information content (AvgIpc) is 3.82. The third-order valence-corrected chi connectivity index (χ3v) is 13.7. The van der Waals surface area contributed by atoms with Crippen molar-refractivity contribution >= 4 is 62.2 Å². The molecule has 4 aromatic rings. The molecule has 11 nitrogen and oxygen atoms in total.